The second kappa shape index (κ2) is 7.88. The lowest BCUT2D eigenvalue weighted by Gasteiger charge is -2.55. The average molecular weight is 426 g/mol. The van der Waals surface area contributed by atoms with Crippen LogP contribution in [0.4, 0.5) is 0 Å². The summed E-state index contributed by atoms with van der Waals surface area (Å²) in [4.78, 5) is 18.4. The van der Waals surface area contributed by atoms with Gasteiger partial charge >= 0.3 is 0 Å². The molecule has 0 saturated carbocycles. The van der Waals surface area contributed by atoms with E-state index in [1.807, 2.05) is 6.92 Å². The molecule has 4 bridgehead atoms. The van der Waals surface area contributed by atoms with E-state index in [0.29, 0.717) is 28.9 Å². The van der Waals surface area contributed by atoms with Crippen LogP contribution in [0.5, 0.6) is 5.75 Å². The fraction of sp³-hybridized carbons (Fsp3) is 0.458. The molecule has 0 aliphatic carbocycles. The number of halogens is 1. The predicted molar refractivity (Wildman–Crippen MR) is 118 cm³/mol. The van der Waals surface area contributed by atoms with Crippen LogP contribution in [0.2, 0.25) is 5.02 Å². The lowest BCUT2D eigenvalue weighted by Crippen LogP contribution is -2.70. The third-order valence-electron chi connectivity index (χ3n) is 6.93. The number of rotatable bonds is 5. The molecule has 0 spiro atoms. The second-order valence-corrected chi connectivity index (χ2v) is 9.19. The number of carbonyl (C=O) groups is 1. The Kier molecular flexibility index (Phi) is 5.21. The van der Waals surface area contributed by atoms with Crippen molar-refractivity contribution in [1.82, 2.24) is 15.1 Å². The van der Waals surface area contributed by atoms with Crippen molar-refractivity contribution < 1.29 is 9.53 Å². The minimum absolute atomic E-state index is 0.0589. The van der Waals surface area contributed by atoms with E-state index in [0.717, 1.165) is 39.3 Å². The number of hydrogen-bond donors (Lipinski definition) is 1. The van der Waals surface area contributed by atoms with Gasteiger partial charge in [-0.1, -0.05) is 41.9 Å². The van der Waals surface area contributed by atoms with E-state index in [9.17, 15) is 4.79 Å². The Morgan fingerprint density at radius 3 is 2.47 bits per heavy atom. The van der Waals surface area contributed by atoms with Crippen LogP contribution in [0.25, 0.3) is 0 Å². The van der Waals surface area contributed by atoms with E-state index in [2.05, 4.69) is 45.4 Å². The standard InChI is InChI=1S/C24H28ClN3O2/c1-2-30-21-9-8-17(12-20(21)25)23(29)26-22-18-13-27-10-11-28(14-18)16-24(22,15-27)19-6-4-3-5-7-19/h3-9,12,18,22H,2,10-11,13-16H2,1H3,(H,26,29). The van der Waals surface area contributed by atoms with Gasteiger partial charge in [-0.3, -0.25) is 4.79 Å². The summed E-state index contributed by atoms with van der Waals surface area (Å²) in [5, 5.41) is 3.91. The normalized spacial score (nSPS) is 31.9. The van der Waals surface area contributed by atoms with Gasteiger partial charge in [0, 0.05) is 62.2 Å². The number of nitrogens with one attached hydrogen (secondary N) is 1. The van der Waals surface area contributed by atoms with Gasteiger partial charge in [0.15, 0.2) is 0 Å². The van der Waals surface area contributed by atoms with Crippen LogP contribution in [-0.2, 0) is 5.41 Å². The van der Waals surface area contributed by atoms with E-state index in [4.69, 9.17) is 16.3 Å². The number of amides is 1. The molecule has 4 saturated heterocycles. The lowest BCUT2D eigenvalue weighted by atomic mass is 9.64. The molecule has 1 N–H and O–H groups in total. The van der Waals surface area contributed by atoms with Gasteiger partial charge in [-0.2, -0.15) is 0 Å². The molecule has 1 amide bonds. The summed E-state index contributed by atoms with van der Waals surface area (Å²) in [5.74, 6) is 0.969. The summed E-state index contributed by atoms with van der Waals surface area (Å²) in [6.07, 6.45) is 0. The van der Waals surface area contributed by atoms with Gasteiger partial charge < -0.3 is 19.9 Å². The van der Waals surface area contributed by atoms with E-state index >= 15 is 0 Å². The monoisotopic (exact) mass is 425 g/mol. The summed E-state index contributed by atoms with van der Waals surface area (Å²) in [7, 11) is 0. The Hall–Kier alpha value is -2.08. The number of fused-ring (bicyclic) bond motifs is 1. The number of nitrogens with zero attached hydrogens (tertiary/aromatic N) is 2. The molecule has 6 heteroatoms. The van der Waals surface area contributed by atoms with Crippen molar-refractivity contribution in [3.8, 4) is 5.75 Å². The van der Waals surface area contributed by atoms with E-state index in [-0.39, 0.29) is 17.4 Å². The Morgan fingerprint density at radius 1 is 1.13 bits per heavy atom. The van der Waals surface area contributed by atoms with Crippen molar-refractivity contribution in [2.75, 3.05) is 45.9 Å². The molecule has 5 nitrogen and oxygen atoms in total. The number of hydrogen-bond acceptors (Lipinski definition) is 4. The summed E-state index contributed by atoms with van der Waals surface area (Å²) in [6.45, 7) is 8.74. The topological polar surface area (TPSA) is 44.8 Å². The summed E-state index contributed by atoms with van der Waals surface area (Å²) in [6, 6.07) is 16.1. The minimum Gasteiger partial charge on any atom is -0.492 e. The lowest BCUT2D eigenvalue weighted by molar-refractivity contribution is 0.0180. The average Bonchev–Trinajstić information content (AvgIpc) is 3.01. The zero-order chi connectivity index (χ0) is 20.7. The van der Waals surface area contributed by atoms with Gasteiger partial charge in [-0.15, -0.1) is 0 Å². The first kappa shape index (κ1) is 19.9. The Bertz CT molecular complexity index is 919. The number of ether oxygens (including phenoxy) is 1. The minimum atomic E-state index is -0.0936. The van der Waals surface area contributed by atoms with Gasteiger partial charge in [0.1, 0.15) is 5.75 Å². The highest BCUT2D eigenvalue weighted by Crippen LogP contribution is 2.43. The molecule has 4 heterocycles. The van der Waals surface area contributed by atoms with Crippen molar-refractivity contribution in [1.29, 1.82) is 0 Å². The number of benzene rings is 2. The fourth-order valence-electron chi connectivity index (χ4n) is 5.71. The second-order valence-electron chi connectivity index (χ2n) is 8.78. The smallest absolute Gasteiger partial charge is 0.251 e. The molecule has 4 aliphatic rings. The zero-order valence-electron chi connectivity index (χ0n) is 17.3. The molecular weight excluding hydrogens is 398 g/mol. The van der Waals surface area contributed by atoms with Crippen LogP contribution >= 0.6 is 11.6 Å². The van der Waals surface area contributed by atoms with Crippen molar-refractivity contribution in [2.24, 2.45) is 5.92 Å². The third-order valence-corrected chi connectivity index (χ3v) is 7.22. The summed E-state index contributed by atoms with van der Waals surface area (Å²) < 4.78 is 5.51. The van der Waals surface area contributed by atoms with Gasteiger partial charge in [-0.25, -0.2) is 0 Å². The Labute approximate surface area is 182 Å². The molecule has 30 heavy (non-hydrogen) atoms. The molecular formula is C24H28ClN3O2. The van der Waals surface area contributed by atoms with Crippen LogP contribution < -0.4 is 10.1 Å². The van der Waals surface area contributed by atoms with Crippen LogP contribution in [0.3, 0.4) is 0 Å². The predicted octanol–water partition coefficient (Wildman–Crippen LogP) is 3.04. The molecule has 4 aliphatic heterocycles. The molecule has 158 valence electrons. The molecule has 3 atom stereocenters. The maximum absolute atomic E-state index is 13.3. The molecule has 3 unspecified atom stereocenters. The first-order chi connectivity index (χ1) is 14.6. The molecule has 2 aromatic rings. The molecule has 0 aromatic heterocycles. The van der Waals surface area contributed by atoms with Crippen molar-refractivity contribution in [2.45, 2.75) is 18.4 Å². The summed E-state index contributed by atoms with van der Waals surface area (Å²) in [5.41, 5.74) is 1.81. The molecule has 0 radical (unpaired) electrons. The molecule has 4 fully saturated rings. The van der Waals surface area contributed by atoms with Crippen molar-refractivity contribution in [3.63, 3.8) is 0 Å². The van der Waals surface area contributed by atoms with Crippen LogP contribution in [-0.4, -0.2) is 67.6 Å². The van der Waals surface area contributed by atoms with Gasteiger partial charge in [0.2, 0.25) is 0 Å². The maximum Gasteiger partial charge on any atom is 0.251 e. The van der Waals surface area contributed by atoms with Crippen LogP contribution in [0.1, 0.15) is 22.8 Å². The Morgan fingerprint density at radius 2 is 1.83 bits per heavy atom. The number of piperidine rings is 2. The number of carbonyl (C=O) groups excluding carboxylic acids is 1. The highest BCUT2D eigenvalue weighted by molar-refractivity contribution is 6.32. The highest BCUT2D eigenvalue weighted by Gasteiger charge is 2.55. The SMILES string of the molecule is CCOc1ccc(C(=O)NC2C3CN4CCN(C3)CC2(c2ccccc2)C4)cc1Cl. The first-order valence-corrected chi connectivity index (χ1v) is 11.2. The fourth-order valence-corrected chi connectivity index (χ4v) is 5.94. The molecule has 6 rings (SSSR count). The highest BCUT2D eigenvalue weighted by atomic mass is 35.5. The van der Waals surface area contributed by atoms with E-state index < -0.39 is 0 Å². The summed E-state index contributed by atoms with van der Waals surface area (Å²) >= 11 is 6.34. The maximum atomic E-state index is 13.3. The van der Waals surface area contributed by atoms with Gasteiger partial charge in [-0.05, 0) is 30.7 Å². The largest absolute Gasteiger partial charge is 0.492 e. The third kappa shape index (κ3) is 3.39. The molecule has 2 aromatic carbocycles. The van der Waals surface area contributed by atoms with Crippen molar-refractivity contribution in [3.05, 3.63) is 64.7 Å². The van der Waals surface area contributed by atoms with Crippen molar-refractivity contribution >= 4 is 17.5 Å². The Balaban J connectivity index is 1.47. The van der Waals surface area contributed by atoms with Gasteiger partial charge in [0.05, 0.1) is 11.6 Å². The van der Waals surface area contributed by atoms with Crippen LogP contribution in [0.15, 0.2) is 48.5 Å². The zero-order valence-corrected chi connectivity index (χ0v) is 18.1. The first-order valence-electron chi connectivity index (χ1n) is 10.8. The van der Waals surface area contributed by atoms with E-state index in [1.54, 1.807) is 18.2 Å². The quantitative estimate of drug-likeness (QED) is 0.799. The van der Waals surface area contributed by atoms with Gasteiger partial charge in [0.25, 0.3) is 5.91 Å². The van der Waals surface area contributed by atoms with Crippen LogP contribution in [0, 0.1) is 5.92 Å². The van der Waals surface area contributed by atoms with E-state index in [1.165, 1.54) is 5.56 Å².